The minimum absolute atomic E-state index is 0.00729. The third-order valence-electron chi connectivity index (χ3n) is 8.61. The van der Waals surface area contributed by atoms with E-state index in [0.717, 1.165) is 37.2 Å². The summed E-state index contributed by atoms with van der Waals surface area (Å²) < 4.78 is 7.17. The predicted molar refractivity (Wildman–Crippen MR) is 166 cm³/mol. The molecule has 0 radical (unpaired) electrons. The van der Waals surface area contributed by atoms with Gasteiger partial charge in [0.25, 0.3) is 5.91 Å². The van der Waals surface area contributed by atoms with Gasteiger partial charge in [-0.1, -0.05) is 44.5 Å². The number of amides is 1. The SMILES string of the molecule is CCCC1OC1(C)C(C)=NOCC(=O)N1CCN(Cc2ccc(-n3c(-c4cc(C(C)C)c(O)cc4O)n[nH]c3=O)cc2)CC1. The number of phenolic OH excluding ortho intramolecular Hbond substituents is 2. The molecule has 5 rings (SSSR count). The summed E-state index contributed by atoms with van der Waals surface area (Å²) in [5, 5.41) is 31.6. The Hall–Kier alpha value is -4.16. The molecule has 2 aliphatic heterocycles. The zero-order valence-electron chi connectivity index (χ0n) is 26.0. The molecule has 0 saturated carbocycles. The minimum atomic E-state index is -0.437. The smallest absolute Gasteiger partial charge is 0.348 e. The lowest BCUT2D eigenvalue weighted by Gasteiger charge is -2.34. The maximum Gasteiger partial charge on any atom is 0.348 e. The lowest BCUT2D eigenvalue weighted by Crippen LogP contribution is -2.49. The van der Waals surface area contributed by atoms with E-state index in [-0.39, 0.29) is 47.5 Å². The van der Waals surface area contributed by atoms with Crippen LogP contribution >= 0.6 is 0 Å². The molecule has 0 aliphatic carbocycles. The molecule has 3 heterocycles. The molecule has 1 amide bonds. The number of nitrogens with zero attached hydrogens (tertiary/aromatic N) is 5. The number of benzene rings is 2. The molecule has 2 aromatic carbocycles. The first-order chi connectivity index (χ1) is 21.0. The van der Waals surface area contributed by atoms with Gasteiger partial charge in [-0.3, -0.25) is 9.69 Å². The minimum Gasteiger partial charge on any atom is -0.508 e. The number of hydrogen-bond acceptors (Lipinski definition) is 9. The standard InChI is InChI=1S/C32H42N6O6/c1-6-7-28-32(5,44-28)21(4)35-43-19-29(41)37-14-12-36(13-15-37)18-22-8-10-23(11-9-22)38-30(33-34-31(38)42)25-16-24(20(2)3)26(39)17-27(25)40/h8-11,16-17,20,28,39-40H,6-7,12-15,18-19H2,1-5H3,(H,34,42). The van der Waals surface area contributed by atoms with E-state index in [1.54, 1.807) is 11.0 Å². The van der Waals surface area contributed by atoms with Crippen LogP contribution in [0.3, 0.4) is 0 Å². The molecule has 0 spiro atoms. The summed E-state index contributed by atoms with van der Waals surface area (Å²) in [6.07, 6.45) is 2.20. The lowest BCUT2D eigenvalue weighted by atomic mass is 9.98. The Morgan fingerprint density at radius 3 is 2.52 bits per heavy atom. The van der Waals surface area contributed by atoms with Crippen molar-refractivity contribution in [1.29, 1.82) is 0 Å². The van der Waals surface area contributed by atoms with Crippen molar-refractivity contribution in [2.24, 2.45) is 5.16 Å². The first-order valence-corrected chi connectivity index (χ1v) is 15.2. The van der Waals surface area contributed by atoms with Gasteiger partial charge in [-0.05, 0) is 55.5 Å². The van der Waals surface area contributed by atoms with Crippen LogP contribution in [0.15, 0.2) is 46.3 Å². The van der Waals surface area contributed by atoms with Crippen molar-refractivity contribution in [3.05, 3.63) is 58.0 Å². The number of aromatic nitrogens is 3. The molecule has 1 aromatic heterocycles. The molecule has 3 aromatic rings. The molecule has 2 fully saturated rings. The average Bonchev–Trinajstić information content (AvgIpc) is 3.50. The first kappa shape index (κ1) is 31.3. The number of phenols is 2. The van der Waals surface area contributed by atoms with E-state index in [4.69, 9.17) is 9.57 Å². The molecule has 2 atom stereocenters. The summed E-state index contributed by atoms with van der Waals surface area (Å²) in [4.78, 5) is 34.9. The Kier molecular flexibility index (Phi) is 9.12. The third kappa shape index (κ3) is 6.51. The monoisotopic (exact) mass is 606 g/mol. The van der Waals surface area contributed by atoms with E-state index < -0.39 is 5.69 Å². The van der Waals surface area contributed by atoms with Crippen LogP contribution < -0.4 is 5.69 Å². The predicted octanol–water partition coefficient (Wildman–Crippen LogP) is 3.76. The van der Waals surface area contributed by atoms with Gasteiger partial charge in [0.15, 0.2) is 12.4 Å². The summed E-state index contributed by atoms with van der Waals surface area (Å²) >= 11 is 0. The van der Waals surface area contributed by atoms with Crippen LogP contribution in [0.5, 0.6) is 11.5 Å². The van der Waals surface area contributed by atoms with Gasteiger partial charge in [-0.15, -0.1) is 0 Å². The highest BCUT2D eigenvalue weighted by Gasteiger charge is 2.54. The average molecular weight is 607 g/mol. The van der Waals surface area contributed by atoms with Crippen LogP contribution in [0.4, 0.5) is 0 Å². The van der Waals surface area contributed by atoms with Gasteiger partial charge in [-0.2, -0.15) is 5.10 Å². The highest BCUT2D eigenvalue weighted by atomic mass is 16.6. The zero-order valence-corrected chi connectivity index (χ0v) is 26.0. The van der Waals surface area contributed by atoms with E-state index in [1.165, 1.54) is 10.6 Å². The maximum absolute atomic E-state index is 12.7. The second kappa shape index (κ2) is 12.8. The summed E-state index contributed by atoms with van der Waals surface area (Å²) in [6, 6.07) is 10.5. The van der Waals surface area contributed by atoms with E-state index in [9.17, 15) is 19.8 Å². The molecule has 12 nitrogen and oxygen atoms in total. The lowest BCUT2D eigenvalue weighted by molar-refractivity contribution is -0.137. The Bertz CT molecular complexity index is 1570. The largest absolute Gasteiger partial charge is 0.508 e. The van der Waals surface area contributed by atoms with E-state index >= 15 is 0 Å². The third-order valence-corrected chi connectivity index (χ3v) is 8.61. The highest BCUT2D eigenvalue weighted by molar-refractivity contribution is 5.92. The fourth-order valence-electron chi connectivity index (χ4n) is 5.66. The Morgan fingerprint density at radius 2 is 1.86 bits per heavy atom. The van der Waals surface area contributed by atoms with E-state index in [1.807, 2.05) is 52.0 Å². The number of ether oxygens (including phenoxy) is 1. The van der Waals surface area contributed by atoms with Gasteiger partial charge in [0.05, 0.1) is 23.1 Å². The number of piperazine rings is 1. The fourth-order valence-corrected chi connectivity index (χ4v) is 5.66. The Labute approximate surface area is 256 Å². The molecule has 44 heavy (non-hydrogen) atoms. The molecular weight excluding hydrogens is 564 g/mol. The number of H-pyrrole nitrogens is 1. The number of oxime groups is 1. The molecule has 12 heteroatoms. The number of carbonyl (C=O) groups is 1. The highest BCUT2D eigenvalue weighted by Crippen LogP contribution is 2.40. The van der Waals surface area contributed by atoms with Crippen LogP contribution in [-0.2, 0) is 20.9 Å². The summed E-state index contributed by atoms with van der Waals surface area (Å²) in [5.41, 5.74) is 2.59. The number of epoxide rings is 1. The van der Waals surface area contributed by atoms with Crippen molar-refractivity contribution >= 4 is 11.6 Å². The van der Waals surface area contributed by atoms with Crippen molar-refractivity contribution in [3.8, 4) is 28.6 Å². The van der Waals surface area contributed by atoms with E-state index in [2.05, 4.69) is 27.2 Å². The topological polar surface area (TPSA) is 149 Å². The van der Waals surface area contributed by atoms with Gasteiger partial charge in [0.1, 0.15) is 17.1 Å². The fraction of sp³-hybridized carbons (Fsp3) is 0.500. The van der Waals surface area contributed by atoms with Crippen LogP contribution in [0.25, 0.3) is 17.1 Å². The number of nitrogens with one attached hydrogen (secondary N) is 1. The van der Waals surface area contributed by atoms with Crippen molar-refractivity contribution in [2.75, 3.05) is 32.8 Å². The van der Waals surface area contributed by atoms with Crippen molar-refractivity contribution < 1.29 is 24.6 Å². The van der Waals surface area contributed by atoms with Gasteiger partial charge in [-0.25, -0.2) is 14.5 Å². The Balaban J connectivity index is 1.16. The first-order valence-electron chi connectivity index (χ1n) is 15.2. The van der Waals surface area contributed by atoms with Crippen LogP contribution in [0.1, 0.15) is 64.5 Å². The van der Waals surface area contributed by atoms with Gasteiger partial charge >= 0.3 is 5.69 Å². The summed E-state index contributed by atoms with van der Waals surface area (Å²) in [6.45, 7) is 13.1. The normalized spacial score (nSPS) is 20.7. The van der Waals surface area contributed by atoms with Crippen LogP contribution in [-0.4, -0.2) is 90.9 Å². The van der Waals surface area contributed by atoms with Gasteiger partial charge < -0.3 is 24.7 Å². The van der Waals surface area contributed by atoms with Crippen molar-refractivity contribution in [2.45, 2.75) is 71.6 Å². The molecular formula is C32H42N6O6. The molecule has 3 N–H and O–H groups in total. The molecule has 2 saturated heterocycles. The second-order valence-corrected chi connectivity index (χ2v) is 12.0. The quantitative estimate of drug-likeness (QED) is 0.170. The number of hydrogen-bond donors (Lipinski definition) is 3. The summed E-state index contributed by atoms with van der Waals surface area (Å²) in [5.74, 6) is 0.00236. The number of rotatable bonds is 11. The summed E-state index contributed by atoms with van der Waals surface area (Å²) in [7, 11) is 0. The van der Waals surface area contributed by atoms with Crippen molar-refractivity contribution in [3.63, 3.8) is 0 Å². The zero-order chi connectivity index (χ0) is 31.6. The van der Waals surface area contributed by atoms with Gasteiger partial charge in [0.2, 0.25) is 0 Å². The molecule has 2 aliphatic rings. The number of carbonyl (C=O) groups excluding carboxylic acids is 1. The van der Waals surface area contributed by atoms with Crippen LogP contribution in [0, 0.1) is 0 Å². The maximum atomic E-state index is 12.7. The van der Waals surface area contributed by atoms with Crippen molar-refractivity contribution in [1.82, 2.24) is 24.6 Å². The molecule has 236 valence electrons. The molecule has 2 unspecified atom stereocenters. The van der Waals surface area contributed by atoms with Crippen LogP contribution in [0.2, 0.25) is 0 Å². The Morgan fingerprint density at radius 1 is 1.16 bits per heavy atom. The number of aromatic hydroxyl groups is 2. The molecule has 0 bridgehead atoms. The van der Waals surface area contributed by atoms with E-state index in [0.29, 0.717) is 36.4 Å². The second-order valence-electron chi connectivity index (χ2n) is 12.0. The van der Waals surface area contributed by atoms with Gasteiger partial charge in [0, 0.05) is 38.8 Å². The number of aromatic amines is 1.